The van der Waals surface area contributed by atoms with E-state index in [1.807, 2.05) is 12.1 Å². The van der Waals surface area contributed by atoms with Gasteiger partial charge in [-0.05, 0) is 12.1 Å². The molecule has 0 unspecified atom stereocenters. The quantitative estimate of drug-likeness (QED) is 0.575. The molecule has 0 fully saturated rings. The second kappa shape index (κ2) is 5.46. The fourth-order valence-electron chi connectivity index (χ4n) is 0.541. The zero-order valence-electron chi connectivity index (χ0n) is 5.93. The van der Waals surface area contributed by atoms with Crippen LogP contribution >= 0.6 is 21.6 Å². The maximum absolute atomic E-state index is 8.50. The summed E-state index contributed by atoms with van der Waals surface area (Å²) in [7, 11) is 3.31. The Hall–Kier alpha value is -0.190. The molecular weight excluding hydrogens is 178 g/mol. The summed E-state index contributed by atoms with van der Waals surface area (Å²) >= 11 is 0. The largest absolute Gasteiger partial charge is 0.395 e. The van der Waals surface area contributed by atoms with Crippen LogP contribution in [0.3, 0.4) is 0 Å². The molecule has 1 N–H and O–H groups in total. The summed E-state index contributed by atoms with van der Waals surface area (Å²) in [4.78, 5) is 5.08. The summed E-state index contributed by atoms with van der Waals surface area (Å²) in [5.41, 5.74) is 0. The van der Waals surface area contributed by atoms with Gasteiger partial charge < -0.3 is 5.11 Å². The van der Waals surface area contributed by atoms with Crippen LogP contribution in [-0.2, 0) is 0 Å². The van der Waals surface area contributed by atoms with Gasteiger partial charge in [-0.3, -0.25) is 4.98 Å². The van der Waals surface area contributed by atoms with Gasteiger partial charge in [0.1, 0.15) is 0 Å². The Kier molecular flexibility index (Phi) is 4.42. The Labute approximate surface area is 73.8 Å². The van der Waals surface area contributed by atoms with Crippen LogP contribution < -0.4 is 0 Å². The molecule has 0 aliphatic heterocycles. The highest BCUT2D eigenvalue weighted by molar-refractivity contribution is 8.76. The van der Waals surface area contributed by atoms with Crippen molar-refractivity contribution in [1.82, 2.24) is 4.98 Å². The number of rotatable bonds is 4. The van der Waals surface area contributed by atoms with Crippen molar-refractivity contribution in [3.05, 3.63) is 24.5 Å². The van der Waals surface area contributed by atoms with Gasteiger partial charge in [-0.15, -0.1) is 0 Å². The maximum Gasteiger partial charge on any atom is 0.0530 e. The normalized spacial score (nSPS) is 9.91. The van der Waals surface area contributed by atoms with Crippen molar-refractivity contribution in [2.45, 2.75) is 4.90 Å². The topological polar surface area (TPSA) is 33.1 Å². The molecule has 0 bridgehead atoms. The number of nitrogens with zero attached hydrogens (tertiary/aromatic N) is 1. The molecule has 1 aromatic rings. The number of pyridine rings is 1. The monoisotopic (exact) mass is 187 g/mol. The third kappa shape index (κ3) is 3.65. The predicted octanol–water partition coefficient (Wildman–Crippen LogP) is 1.81. The van der Waals surface area contributed by atoms with E-state index in [9.17, 15) is 0 Å². The van der Waals surface area contributed by atoms with Crippen molar-refractivity contribution in [1.29, 1.82) is 0 Å². The van der Waals surface area contributed by atoms with E-state index in [-0.39, 0.29) is 6.61 Å². The molecular formula is C7H9NOS2. The van der Waals surface area contributed by atoms with E-state index in [1.165, 1.54) is 4.90 Å². The summed E-state index contributed by atoms with van der Waals surface area (Å²) in [5.74, 6) is 0.771. The Balaban J connectivity index is 2.28. The van der Waals surface area contributed by atoms with Crippen LogP contribution in [0, 0.1) is 0 Å². The molecule has 60 valence electrons. The fraction of sp³-hybridized carbons (Fsp3) is 0.286. The van der Waals surface area contributed by atoms with Crippen LogP contribution in [0.4, 0.5) is 0 Å². The van der Waals surface area contributed by atoms with Gasteiger partial charge in [0.2, 0.25) is 0 Å². The zero-order valence-corrected chi connectivity index (χ0v) is 7.57. The lowest BCUT2D eigenvalue weighted by Gasteiger charge is -1.96. The van der Waals surface area contributed by atoms with Crippen molar-refractivity contribution in [2.75, 3.05) is 12.4 Å². The van der Waals surface area contributed by atoms with E-state index in [0.717, 1.165) is 5.75 Å². The lowest BCUT2D eigenvalue weighted by atomic mass is 10.5. The molecule has 0 spiro atoms. The molecule has 0 atom stereocenters. The van der Waals surface area contributed by atoms with Crippen LogP contribution in [0.25, 0.3) is 0 Å². The number of aliphatic hydroxyl groups excluding tert-OH is 1. The van der Waals surface area contributed by atoms with Crippen LogP contribution in [0.2, 0.25) is 0 Å². The van der Waals surface area contributed by atoms with Gasteiger partial charge in [0.05, 0.1) is 6.61 Å². The molecule has 1 aromatic heterocycles. The molecule has 0 saturated heterocycles. The summed E-state index contributed by atoms with van der Waals surface area (Å²) in [6.07, 6.45) is 3.53. The fourth-order valence-corrected chi connectivity index (χ4v) is 2.28. The Morgan fingerprint density at radius 3 is 2.73 bits per heavy atom. The van der Waals surface area contributed by atoms with Gasteiger partial charge in [-0.1, -0.05) is 21.6 Å². The van der Waals surface area contributed by atoms with Crippen LogP contribution in [0.15, 0.2) is 29.4 Å². The van der Waals surface area contributed by atoms with Gasteiger partial charge in [-0.2, -0.15) is 0 Å². The molecule has 1 heterocycles. The number of hydrogen-bond donors (Lipinski definition) is 1. The van der Waals surface area contributed by atoms with Gasteiger partial charge in [0.25, 0.3) is 0 Å². The number of aromatic nitrogens is 1. The maximum atomic E-state index is 8.50. The van der Waals surface area contributed by atoms with E-state index >= 15 is 0 Å². The lowest BCUT2D eigenvalue weighted by molar-refractivity contribution is 0.323. The third-order valence-corrected chi connectivity index (χ3v) is 3.34. The highest BCUT2D eigenvalue weighted by Gasteiger charge is 1.91. The second-order valence-corrected chi connectivity index (χ2v) is 4.30. The Bertz CT molecular complexity index is 193. The molecule has 0 radical (unpaired) electrons. The van der Waals surface area contributed by atoms with E-state index in [0.29, 0.717) is 0 Å². The third-order valence-electron chi connectivity index (χ3n) is 0.980. The minimum Gasteiger partial charge on any atom is -0.395 e. The van der Waals surface area contributed by atoms with Gasteiger partial charge in [0, 0.05) is 23.0 Å². The highest BCUT2D eigenvalue weighted by atomic mass is 33.1. The Morgan fingerprint density at radius 2 is 2.09 bits per heavy atom. The molecule has 0 aliphatic rings. The molecule has 2 nitrogen and oxygen atoms in total. The van der Waals surface area contributed by atoms with Gasteiger partial charge in [-0.25, -0.2) is 0 Å². The summed E-state index contributed by atoms with van der Waals surface area (Å²) < 4.78 is 0. The van der Waals surface area contributed by atoms with Crippen molar-refractivity contribution in [3.63, 3.8) is 0 Å². The smallest absolute Gasteiger partial charge is 0.0530 e. The first-order valence-corrected chi connectivity index (χ1v) is 5.56. The van der Waals surface area contributed by atoms with Crippen LogP contribution in [-0.4, -0.2) is 22.5 Å². The average molecular weight is 187 g/mol. The average Bonchev–Trinajstić information content (AvgIpc) is 2.07. The van der Waals surface area contributed by atoms with Crippen molar-refractivity contribution >= 4 is 21.6 Å². The van der Waals surface area contributed by atoms with E-state index in [4.69, 9.17) is 5.11 Å². The van der Waals surface area contributed by atoms with Gasteiger partial charge in [0.15, 0.2) is 0 Å². The SMILES string of the molecule is OCCSSc1ccncc1. The Morgan fingerprint density at radius 1 is 1.36 bits per heavy atom. The number of aliphatic hydroxyl groups is 1. The van der Waals surface area contributed by atoms with Crippen LogP contribution in [0.5, 0.6) is 0 Å². The summed E-state index contributed by atoms with van der Waals surface area (Å²) in [6, 6.07) is 3.91. The highest BCUT2D eigenvalue weighted by Crippen LogP contribution is 2.29. The number of hydrogen-bond acceptors (Lipinski definition) is 4. The molecule has 0 aromatic carbocycles. The molecule has 4 heteroatoms. The van der Waals surface area contributed by atoms with E-state index in [2.05, 4.69) is 4.98 Å². The first-order chi connectivity index (χ1) is 5.43. The second-order valence-electron chi connectivity index (χ2n) is 1.81. The van der Waals surface area contributed by atoms with Crippen LogP contribution in [0.1, 0.15) is 0 Å². The first-order valence-electron chi connectivity index (χ1n) is 3.24. The lowest BCUT2D eigenvalue weighted by Crippen LogP contribution is -1.81. The van der Waals surface area contributed by atoms with E-state index < -0.39 is 0 Å². The summed E-state index contributed by atoms with van der Waals surface area (Å²) in [5, 5.41) is 8.50. The molecule has 1 rings (SSSR count). The molecule has 11 heavy (non-hydrogen) atoms. The zero-order chi connectivity index (χ0) is 7.94. The van der Waals surface area contributed by atoms with Crippen molar-refractivity contribution in [3.8, 4) is 0 Å². The van der Waals surface area contributed by atoms with E-state index in [1.54, 1.807) is 34.0 Å². The summed E-state index contributed by atoms with van der Waals surface area (Å²) in [6.45, 7) is 0.239. The molecule has 0 aliphatic carbocycles. The first kappa shape index (κ1) is 8.90. The molecule has 0 amide bonds. The van der Waals surface area contributed by atoms with Crippen molar-refractivity contribution in [2.24, 2.45) is 0 Å². The van der Waals surface area contributed by atoms with Gasteiger partial charge >= 0.3 is 0 Å². The predicted molar refractivity (Wildman–Crippen MR) is 49.6 cm³/mol. The molecule has 0 saturated carbocycles. The van der Waals surface area contributed by atoms with Crippen molar-refractivity contribution < 1.29 is 5.11 Å². The minimum absolute atomic E-state index is 0.239. The minimum atomic E-state index is 0.239. The standard InChI is InChI=1S/C7H9NOS2/c9-5-6-10-11-7-1-3-8-4-2-7/h1-4,9H,5-6H2.